The molecular weight excluding hydrogens is 334 g/mol. The topological polar surface area (TPSA) is 80.0 Å². The summed E-state index contributed by atoms with van der Waals surface area (Å²) in [7, 11) is 0. The highest BCUT2D eigenvalue weighted by Gasteiger charge is 2.46. The Bertz CT molecular complexity index is 471. The van der Waals surface area contributed by atoms with Crippen molar-refractivity contribution < 1.29 is 23.7 Å². The van der Waals surface area contributed by atoms with Crippen molar-refractivity contribution in [1.29, 1.82) is 0 Å². The Labute approximate surface area is 158 Å². The summed E-state index contributed by atoms with van der Waals surface area (Å²) in [5, 5.41) is 0. The molecule has 2 aliphatic rings. The number of carbonyl (C=O) groups is 1. The molecule has 0 bridgehead atoms. The number of hydrogen-bond donors (Lipinski definition) is 1. The highest BCUT2D eigenvalue weighted by molar-refractivity contribution is 5.65. The average Bonchev–Trinajstić information content (AvgIpc) is 2.60. The molecule has 6 nitrogen and oxygen atoms in total. The monoisotopic (exact) mass is 371 g/mol. The van der Waals surface area contributed by atoms with E-state index in [0.717, 1.165) is 6.42 Å². The lowest BCUT2D eigenvalue weighted by molar-refractivity contribution is -0.302. The summed E-state index contributed by atoms with van der Waals surface area (Å²) in [4.78, 5) is 11.2. The van der Waals surface area contributed by atoms with Gasteiger partial charge in [-0.15, -0.1) is 0 Å². The quantitative estimate of drug-likeness (QED) is 0.749. The lowest BCUT2D eigenvalue weighted by Crippen LogP contribution is -2.57. The molecule has 0 saturated carbocycles. The molecule has 0 amide bonds. The largest absolute Gasteiger partial charge is 0.463 e. The standard InChI is InChI=1S/C20H37NO5/c1-8-16-11(3)10(2)14(6)20(25-16)26-18-12(4)13(5)19(21)24-17(18)9-23-15(7)22/h10-14,16-20H,8-9,21H2,1-7H3. The van der Waals surface area contributed by atoms with Crippen LogP contribution in [0.15, 0.2) is 0 Å². The molecule has 0 aliphatic carbocycles. The highest BCUT2D eigenvalue weighted by Crippen LogP contribution is 2.39. The minimum absolute atomic E-state index is 0.144. The van der Waals surface area contributed by atoms with Crippen LogP contribution in [0.5, 0.6) is 0 Å². The molecule has 10 atom stereocenters. The Morgan fingerprint density at radius 3 is 2.15 bits per heavy atom. The van der Waals surface area contributed by atoms with Gasteiger partial charge in [-0.2, -0.15) is 0 Å². The van der Waals surface area contributed by atoms with Crippen LogP contribution >= 0.6 is 0 Å². The van der Waals surface area contributed by atoms with E-state index in [1.54, 1.807) is 0 Å². The lowest BCUT2D eigenvalue weighted by atomic mass is 9.78. The molecule has 26 heavy (non-hydrogen) atoms. The maximum Gasteiger partial charge on any atom is 0.302 e. The maximum atomic E-state index is 11.2. The molecule has 2 rings (SSSR count). The number of esters is 1. The zero-order valence-electron chi connectivity index (χ0n) is 17.3. The molecule has 0 spiro atoms. The van der Waals surface area contributed by atoms with E-state index in [0.29, 0.717) is 11.8 Å². The summed E-state index contributed by atoms with van der Waals surface area (Å²) in [6.07, 6.45) is -0.133. The Balaban J connectivity index is 2.14. The van der Waals surface area contributed by atoms with Crippen LogP contribution < -0.4 is 5.73 Å². The summed E-state index contributed by atoms with van der Waals surface area (Å²) in [5.74, 6) is 1.27. The third-order valence-corrected chi connectivity index (χ3v) is 6.69. The second kappa shape index (κ2) is 9.00. The molecule has 2 aliphatic heterocycles. The zero-order valence-corrected chi connectivity index (χ0v) is 17.3. The summed E-state index contributed by atoms with van der Waals surface area (Å²) < 4.78 is 23.9. The molecule has 6 heteroatoms. The lowest BCUT2D eigenvalue weighted by Gasteiger charge is -2.48. The Kier molecular flexibility index (Phi) is 7.48. The van der Waals surface area contributed by atoms with Crippen LogP contribution in [0, 0.1) is 29.6 Å². The smallest absolute Gasteiger partial charge is 0.302 e. The van der Waals surface area contributed by atoms with Crippen LogP contribution in [-0.2, 0) is 23.7 Å². The van der Waals surface area contributed by atoms with Crippen LogP contribution in [-0.4, -0.2) is 43.4 Å². The van der Waals surface area contributed by atoms with Crippen LogP contribution in [0.2, 0.25) is 0 Å². The summed E-state index contributed by atoms with van der Waals surface area (Å²) in [6, 6.07) is 0. The first kappa shape index (κ1) is 21.6. The second-order valence-corrected chi connectivity index (χ2v) is 8.29. The second-order valence-electron chi connectivity index (χ2n) is 8.29. The first-order valence-corrected chi connectivity index (χ1v) is 10.0. The van der Waals surface area contributed by atoms with Gasteiger partial charge in [0.2, 0.25) is 0 Å². The van der Waals surface area contributed by atoms with Gasteiger partial charge in [0.25, 0.3) is 0 Å². The van der Waals surface area contributed by atoms with Gasteiger partial charge in [-0.1, -0.05) is 41.5 Å². The van der Waals surface area contributed by atoms with E-state index in [-0.39, 0.29) is 54.9 Å². The van der Waals surface area contributed by atoms with Gasteiger partial charge in [-0.05, 0) is 24.2 Å². The first-order chi connectivity index (χ1) is 12.2. The molecule has 0 aromatic heterocycles. The van der Waals surface area contributed by atoms with Gasteiger partial charge >= 0.3 is 5.97 Å². The van der Waals surface area contributed by atoms with Crippen molar-refractivity contribution in [3.8, 4) is 0 Å². The van der Waals surface area contributed by atoms with Gasteiger partial charge < -0.3 is 24.7 Å². The third kappa shape index (κ3) is 4.58. The van der Waals surface area contributed by atoms with E-state index in [4.69, 9.17) is 24.7 Å². The van der Waals surface area contributed by atoms with E-state index in [1.165, 1.54) is 6.92 Å². The predicted molar refractivity (Wildman–Crippen MR) is 99.1 cm³/mol. The Hall–Kier alpha value is -0.690. The fraction of sp³-hybridized carbons (Fsp3) is 0.950. The molecule has 2 saturated heterocycles. The highest BCUT2D eigenvalue weighted by atomic mass is 16.7. The van der Waals surface area contributed by atoms with Crippen molar-refractivity contribution in [1.82, 2.24) is 0 Å². The van der Waals surface area contributed by atoms with Crippen LogP contribution in [0.3, 0.4) is 0 Å². The first-order valence-electron chi connectivity index (χ1n) is 10.0. The summed E-state index contributed by atoms with van der Waals surface area (Å²) in [6.45, 7) is 14.6. The van der Waals surface area contributed by atoms with Crippen molar-refractivity contribution in [2.45, 2.75) is 85.7 Å². The van der Waals surface area contributed by atoms with Gasteiger partial charge in [0, 0.05) is 18.8 Å². The van der Waals surface area contributed by atoms with Gasteiger partial charge in [-0.3, -0.25) is 4.79 Å². The van der Waals surface area contributed by atoms with Gasteiger partial charge in [0.1, 0.15) is 18.9 Å². The molecule has 0 aromatic rings. The van der Waals surface area contributed by atoms with Crippen molar-refractivity contribution in [3.05, 3.63) is 0 Å². The maximum absolute atomic E-state index is 11.2. The Morgan fingerprint density at radius 1 is 0.923 bits per heavy atom. The minimum Gasteiger partial charge on any atom is -0.463 e. The number of carbonyl (C=O) groups excluding carboxylic acids is 1. The molecule has 2 fully saturated rings. The van der Waals surface area contributed by atoms with Crippen molar-refractivity contribution in [3.63, 3.8) is 0 Å². The van der Waals surface area contributed by atoms with E-state index < -0.39 is 6.23 Å². The van der Waals surface area contributed by atoms with Gasteiger partial charge in [-0.25, -0.2) is 0 Å². The third-order valence-electron chi connectivity index (χ3n) is 6.69. The summed E-state index contributed by atoms with van der Waals surface area (Å²) in [5.41, 5.74) is 6.12. The number of ether oxygens (including phenoxy) is 4. The molecule has 0 radical (unpaired) electrons. The molecule has 10 unspecified atom stereocenters. The number of nitrogens with two attached hydrogens (primary N) is 1. The number of rotatable bonds is 5. The molecule has 152 valence electrons. The van der Waals surface area contributed by atoms with Crippen LogP contribution in [0.25, 0.3) is 0 Å². The Morgan fingerprint density at radius 2 is 1.58 bits per heavy atom. The average molecular weight is 372 g/mol. The van der Waals surface area contributed by atoms with E-state index >= 15 is 0 Å². The van der Waals surface area contributed by atoms with Gasteiger partial charge in [0.05, 0.1) is 12.2 Å². The van der Waals surface area contributed by atoms with Crippen molar-refractivity contribution in [2.75, 3.05) is 6.61 Å². The van der Waals surface area contributed by atoms with Crippen LogP contribution in [0.1, 0.15) is 54.9 Å². The van der Waals surface area contributed by atoms with E-state index in [1.807, 2.05) is 0 Å². The van der Waals surface area contributed by atoms with Crippen molar-refractivity contribution in [2.24, 2.45) is 35.3 Å². The summed E-state index contributed by atoms with van der Waals surface area (Å²) >= 11 is 0. The molecule has 2 heterocycles. The normalized spacial score (nSPS) is 46.8. The van der Waals surface area contributed by atoms with Gasteiger partial charge in [0.15, 0.2) is 6.29 Å². The van der Waals surface area contributed by atoms with Crippen molar-refractivity contribution >= 4 is 5.97 Å². The molecule has 2 N–H and O–H groups in total. The molecule has 0 aromatic carbocycles. The van der Waals surface area contributed by atoms with E-state index in [9.17, 15) is 4.79 Å². The van der Waals surface area contributed by atoms with Crippen LogP contribution in [0.4, 0.5) is 0 Å². The minimum atomic E-state index is -0.391. The number of hydrogen-bond acceptors (Lipinski definition) is 6. The fourth-order valence-electron chi connectivity index (χ4n) is 4.15. The fourth-order valence-corrected chi connectivity index (χ4v) is 4.15. The zero-order chi connectivity index (χ0) is 19.6. The predicted octanol–water partition coefficient (Wildman–Crippen LogP) is 2.93. The SMILES string of the molecule is CCC1OC(OC2C(COC(C)=O)OC(N)C(C)C2C)C(C)C(C)C1C. The molecular formula is C20H37NO5. The van der Waals surface area contributed by atoms with E-state index in [2.05, 4.69) is 41.5 Å².